The Bertz CT molecular complexity index is 413. The Morgan fingerprint density at radius 1 is 1.15 bits per heavy atom. The van der Waals surface area contributed by atoms with Gasteiger partial charge in [0, 0.05) is 10.7 Å². The number of rotatable bonds is 6. The fourth-order valence-electron chi connectivity index (χ4n) is 2.72. The summed E-state index contributed by atoms with van der Waals surface area (Å²) in [4.78, 5) is 11.7. The lowest BCUT2D eigenvalue weighted by Gasteiger charge is -2.21. The summed E-state index contributed by atoms with van der Waals surface area (Å²) < 4.78 is 0. The highest BCUT2D eigenvalue weighted by Gasteiger charge is 2.12. The van der Waals surface area contributed by atoms with E-state index in [1.807, 2.05) is 12.1 Å². The molecule has 20 heavy (non-hydrogen) atoms. The molecule has 2 rings (SSSR count). The maximum absolute atomic E-state index is 11.7. The van der Waals surface area contributed by atoms with Gasteiger partial charge >= 0.3 is 0 Å². The van der Waals surface area contributed by atoms with Crippen LogP contribution in [-0.4, -0.2) is 19.0 Å². The molecular weight excluding hydrogens is 272 g/mol. The maximum atomic E-state index is 11.7. The van der Waals surface area contributed by atoms with Crippen LogP contribution in [0.1, 0.15) is 38.5 Å². The second-order valence-electron chi connectivity index (χ2n) is 5.52. The highest BCUT2D eigenvalue weighted by Crippen LogP contribution is 2.25. The number of benzene rings is 1. The molecule has 1 saturated carbocycles. The molecule has 1 aliphatic carbocycles. The van der Waals surface area contributed by atoms with Gasteiger partial charge in [-0.15, -0.1) is 0 Å². The van der Waals surface area contributed by atoms with Crippen molar-refractivity contribution in [2.45, 2.75) is 38.5 Å². The van der Waals surface area contributed by atoms with Crippen molar-refractivity contribution in [3.05, 3.63) is 29.3 Å². The van der Waals surface area contributed by atoms with Crippen LogP contribution >= 0.6 is 11.6 Å². The Morgan fingerprint density at radius 2 is 1.85 bits per heavy atom. The maximum Gasteiger partial charge on any atom is 0.238 e. The zero-order valence-electron chi connectivity index (χ0n) is 11.8. The third kappa shape index (κ3) is 5.51. The Kier molecular flexibility index (Phi) is 6.34. The lowest BCUT2D eigenvalue weighted by molar-refractivity contribution is -0.115. The average molecular weight is 295 g/mol. The van der Waals surface area contributed by atoms with E-state index in [0.29, 0.717) is 11.6 Å². The van der Waals surface area contributed by atoms with Crippen molar-refractivity contribution in [1.29, 1.82) is 0 Å². The number of hydrogen-bond donors (Lipinski definition) is 2. The minimum absolute atomic E-state index is 0.00373. The summed E-state index contributed by atoms with van der Waals surface area (Å²) in [5.74, 6) is 0.853. The van der Waals surface area contributed by atoms with Gasteiger partial charge in [-0.1, -0.05) is 43.7 Å². The van der Waals surface area contributed by atoms with Crippen LogP contribution in [0.15, 0.2) is 24.3 Å². The minimum atomic E-state index is -0.00373. The van der Waals surface area contributed by atoms with Crippen LogP contribution in [0.2, 0.25) is 5.02 Å². The van der Waals surface area contributed by atoms with E-state index < -0.39 is 0 Å². The lowest BCUT2D eigenvalue weighted by atomic mass is 9.87. The zero-order chi connectivity index (χ0) is 14.2. The lowest BCUT2D eigenvalue weighted by Crippen LogP contribution is -2.29. The number of hydrogen-bond acceptors (Lipinski definition) is 2. The Hall–Kier alpha value is -1.06. The molecule has 0 unspecified atom stereocenters. The van der Waals surface area contributed by atoms with Gasteiger partial charge in [0.2, 0.25) is 5.91 Å². The summed E-state index contributed by atoms with van der Waals surface area (Å²) in [5, 5.41) is 6.75. The van der Waals surface area contributed by atoms with Crippen molar-refractivity contribution in [3.63, 3.8) is 0 Å². The molecule has 0 heterocycles. The normalized spacial score (nSPS) is 16.1. The monoisotopic (exact) mass is 294 g/mol. The molecule has 0 aliphatic heterocycles. The summed E-state index contributed by atoms with van der Waals surface area (Å²) in [6, 6.07) is 7.16. The van der Waals surface area contributed by atoms with E-state index in [4.69, 9.17) is 11.6 Å². The van der Waals surface area contributed by atoms with Gasteiger partial charge in [0.15, 0.2) is 0 Å². The highest BCUT2D eigenvalue weighted by molar-refractivity contribution is 6.30. The van der Waals surface area contributed by atoms with E-state index >= 15 is 0 Å². The number of amides is 1. The van der Waals surface area contributed by atoms with Gasteiger partial charge in [0.1, 0.15) is 0 Å². The summed E-state index contributed by atoms with van der Waals surface area (Å²) in [5.41, 5.74) is 0.786. The van der Waals surface area contributed by atoms with E-state index in [0.717, 1.165) is 18.2 Å². The largest absolute Gasteiger partial charge is 0.325 e. The summed E-state index contributed by atoms with van der Waals surface area (Å²) in [7, 11) is 0. The number of carbonyl (C=O) groups is 1. The molecule has 0 aromatic heterocycles. The molecular formula is C16H23ClN2O. The first kappa shape index (κ1) is 15.3. The van der Waals surface area contributed by atoms with Gasteiger partial charge in [-0.25, -0.2) is 0 Å². The smallest absolute Gasteiger partial charge is 0.238 e. The average Bonchev–Trinajstić information content (AvgIpc) is 2.47. The van der Waals surface area contributed by atoms with Crippen molar-refractivity contribution in [2.24, 2.45) is 5.92 Å². The second-order valence-corrected chi connectivity index (χ2v) is 5.96. The Labute approximate surface area is 126 Å². The third-order valence-corrected chi connectivity index (χ3v) is 4.12. The fraction of sp³-hybridized carbons (Fsp3) is 0.562. The first-order valence-corrected chi connectivity index (χ1v) is 7.88. The van der Waals surface area contributed by atoms with Crippen LogP contribution in [0.4, 0.5) is 5.69 Å². The van der Waals surface area contributed by atoms with Crippen LogP contribution in [0, 0.1) is 5.92 Å². The van der Waals surface area contributed by atoms with E-state index in [1.54, 1.807) is 12.1 Å². The number of carbonyl (C=O) groups excluding carboxylic acids is 1. The molecule has 110 valence electrons. The van der Waals surface area contributed by atoms with E-state index in [-0.39, 0.29) is 5.91 Å². The molecule has 0 radical (unpaired) electrons. The standard InChI is InChI=1S/C16H23ClN2O/c17-14-6-8-15(9-7-14)19-16(20)12-18-11-10-13-4-2-1-3-5-13/h6-9,13,18H,1-5,10-12H2,(H,19,20). The molecule has 2 N–H and O–H groups in total. The molecule has 3 nitrogen and oxygen atoms in total. The van der Waals surface area contributed by atoms with E-state index in [9.17, 15) is 4.79 Å². The van der Waals surface area contributed by atoms with Crippen LogP contribution in [0.3, 0.4) is 0 Å². The topological polar surface area (TPSA) is 41.1 Å². The number of halogens is 1. The van der Waals surface area contributed by atoms with Crippen LogP contribution < -0.4 is 10.6 Å². The summed E-state index contributed by atoms with van der Waals surface area (Å²) in [6.45, 7) is 1.30. The number of nitrogens with one attached hydrogen (secondary N) is 2. The molecule has 1 aromatic carbocycles. The highest BCUT2D eigenvalue weighted by atomic mass is 35.5. The quantitative estimate of drug-likeness (QED) is 0.783. The van der Waals surface area contributed by atoms with Gasteiger partial charge in [0.25, 0.3) is 0 Å². The van der Waals surface area contributed by atoms with E-state index in [1.165, 1.54) is 38.5 Å². The van der Waals surface area contributed by atoms with Crippen molar-refractivity contribution in [1.82, 2.24) is 5.32 Å². The minimum Gasteiger partial charge on any atom is -0.325 e. The van der Waals surface area contributed by atoms with Crippen LogP contribution in [0.25, 0.3) is 0 Å². The molecule has 1 aliphatic rings. The Balaban J connectivity index is 1.59. The molecule has 1 aromatic rings. The molecule has 0 atom stereocenters. The van der Waals surface area contributed by atoms with Crippen LogP contribution in [0.5, 0.6) is 0 Å². The van der Waals surface area contributed by atoms with Crippen molar-refractivity contribution >= 4 is 23.2 Å². The van der Waals surface area contributed by atoms with Gasteiger partial charge in [0.05, 0.1) is 6.54 Å². The SMILES string of the molecule is O=C(CNCCC1CCCCC1)Nc1ccc(Cl)cc1. The predicted molar refractivity (Wildman–Crippen MR) is 84.1 cm³/mol. The third-order valence-electron chi connectivity index (χ3n) is 3.87. The van der Waals surface area contributed by atoms with Gasteiger partial charge < -0.3 is 10.6 Å². The van der Waals surface area contributed by atoms with E-state index in [2.05, 4.69) is 10.6 Å². The summed E-state index contributed by atoms with van der Waals surface area (Å²) in [6.07, 6.45) is 8.06. The van der Waals surface area contributed by atoms with Crippen molar-refractivity contribution < 1.29 is 4.79 Å². The second kappa shape index (κ2) is 8.28. The fourth-order valence-corrected chi connectivity index (χ4v) is 2.85. The molecule has 0 bridgehead atoms. The van der Waals surface area contributed by atoms with Gasteiger partial charge in [-0.2, -0.15) is 0 Å². The number of anilines is 1. The van der Waals surface area contributed by atoms with Crippen LogP contribution in [-0.2, 0) is 4.79 Å². The molecule has 0 saturated heterocycles. The first-order chi connectivity index (χ1) is 9.74. The molecule has 1 amide bonds. The van der Waals surface area contributed by atoms with Gasteiger partial charge in [-0.3, -0.25) is 4.79 Å². The zero-order valence-corrected chi connectivity index (χ0v) is 12.6. The molecule has 1 fully saturated rings. The van der Waals surface area contributed by atoms with Gasteiger partial charge in [-0.05, 0) is 43.1 Å². The molecule has 0 spiro atoms. The van der Waals surface area contributed by atoms with Crippen molar-refractivity contribution in [3.8, 4) is 0 Å². The molecule has 4 heteroatoms. The Morgan fingerprint density at radius 3 is 2.55 bits per heavy atom. The summed E-state index contributed by atoms with van der Waals surface area (Å²) >= 11 is 5.80. The predicted octanol–water partition coefficient (Wildman–Crippen LogP) is 3.84. The van der Waals surface area contributed by atoms with Crippen molar-refractivity contribution in [2.75, 3.05) is 18.4 Å². The first-order valence-electron chi connectivity index (χ1n) is 7.50.